The number of rotatable bonds is 10. The lowest BCUT2D eigenvalue weighted by Crippen LogP contribution is -2.20. The minimum Gasteiger partial charge on any atom is -0.478 e. The molecule has 4 rings (SSSR count). The monoisotopic (exact) mass is 660 g/mol. The summed E-state index contributed by atoms with van der Waals surface area (Å²) in [6.45, 7) is 0. The molecule has 0 aromatic heterocycles. The lowest BCUT2D eigenvalue weighted by atomic mass is 9.88. The molecule has 244 valence electrons. The smallest absolute Gasteiger partial charge is 0.337 e. The van der Waals surface area contributed by atoms with Gasteiger partial charge in [-0.1, -0.05) is 60.7 Å². The summed E-state index contributed by atoms with van der Waals surface area (Å²) in [5, 5.41) is 74.2. The van der Waals surface area contributed by atoms with Gasteiger partial charge in [0.1, 0.15) is 0 Å². The zero-order valence-electron chi connectivity index (χ0n) is 23.8. The van der Waals surface area contributed by atoms with Crippen molar-refractivity contribution in [2.24, 2.45) is 0 Å². The number of hydrogen-bond acceptors (Lipinski definition) is 8. The van der Waals surface area contributed by atoms with Gasteiger partial charge in [0.05, 0.1) is 44.5 Å². The summed E-state index contributed by atoms with van der Waals surface area (Å²) in [6.07, 6.45) is 0. The van der Waals surface area contributed by atoms with Crippen LogP contribution in [-0.2, 0) is 0 Å². The number of carbonyl (C=O) groups is 8. The van der Waals surface area contributed by atoms with Crippen molar-refractivity contribution in [1.29, 1.82) is 0 Å². The Morgan fingerprint density at radius 3 is 0.771 bits per heavy atom. The van der Waals surface area contributed by atoms with E-state index in [1.165, 1.54) is 24.3 Å². The fourth-order valence-corrected chi connectivity index (χ4v) is 4.71. The number of benzene rings is 4. The highest BCUT2D eigenvalue weighted by atomic mass is 16.4. The second-order valence-corrected chi connectivity index (χ2v) is 9.37. The highest BCUT2D eigenvalue weighted by Crippen LogP contribution is 2.33. The number of hydrogen-bond donors (Lipinski definition) is 8. The third-order valence-electron chi connectivity index (χ3n) is 6.57. The molecule has 0 aliphatic heterocycles. The maximum absolute atomic E-state index is 11.6. The molecule has 0 amide bonds. The first-order chi connectivity index (χ1) is 22.5. The van der Waals surface area contributed by atoms with E-state index in [0.717, 1.165) is 12.1 Å². The van der Waals surface area contributed by atoms with Crippen molar-refractivity contribution in [2.45, 2.75) is 0 Å². The predicted octanol–water partition coefficient (Wildman–Crippen LogP) is 4.29. The van der Waals surface area contributed by atoms with Gasteiger partial charge in [-0.3, -0.25) is 0 Å². The van der Waals surface area contributed by atoms with E-state index in [4.69, 9.17) is 0 Å². The summed E-state index contributed by atoms with van der Waals surface area (Å²) in [5.41, 5.74) is -7.36. The van der Waals surface area contributed by atoms with E-state index in [2.05, 4.69) is 0 Å². The average molecular weight is 660 g/mol. The molecule has 16 heteroatoms. The van der Waals surface area contributed by atoms with Crippen molar-refractivity contribution in [2.75, 3.05) is 0 Å². The molecular formula is C32H20O16. The third-order valence-corrected chi connectivity index (χ3v) is 6.57. The Bertz CT molecular complexity index is 1880. The van der Waals surface area contributed by atoms with E-state index in [9.17, 15) is 79.2 Å². The Morgan fingerprint density at radius 1 is 0.312 bits per heavy atom. The molecular weight excluding hydrogens is 640 g/mol. The van der Waals surface area contributed by atoms with Crippen molar-refractivity contribution in [3.63, 3.8) is 0 Å². The van der Waals surface area contributed by atoms with Gasteiger partial charge in [0.2, 0.25) is 0 Å². The van der Waals surface area contributed by atoms with Crippen molar-refractivity contribution in [3.05, 3.63) is 117 Å². The molecule has 0 saturated heterocycles. The maximum atomic E-state index is 11.6. The molecule has 0 saturated carbocycles. The van der Waals surface area contributed by atoms with E-state index in [1.54, 1.807) is 36.4 Å². The Morgan fingerprint density at radius 2 is 0.562 bits per heavy atom. The predicted molar refractivity (Wildman–Crippen MR) is 159 cm³/mol. The van der Waals surface area contributed by atoms with Crippen LogP contribution in [0.4, 0.5) is 0 Å². The van der Waals surface area contributed by atoms with Gasteiger partial charge in [-0.15, -0.1) is 0 Å². The van der Waals surface area contributed by atoms with Gasteiger partial charge in [0.25, 0.3) is 0 Å². The summed E-state index contributed by atoms with van der Waals surface area (Å²) in [4.78, 5) is 91.6. The lowest BCUT2D eigenvalue weighted by Gasteiger charge is -2.14. The first-order valence-corrected chi connectivity index (χ1v) is 12.9. The largest absolute Gasteiger partial charge is 0.478 e. The third kappa shape index (κ3) is 6.97. The van der Waals surface area contributed by atoms with E-state index in [0.29, 0.717) is 0 Å². The SMILES string of the molecule is O=C(O)c1cc(-c2ccccc2)c(C(=O)O)c(C(=O)O)c1C(=O)O.O=C(O)c1cc(-c2ccccc2)c(C(=O)O)c(C(=O)O)c1C(=O)O. The number of aromatic carboxylic acids is 8. The summed E-state index contributed by atoms with van der Waals surface area (Å²) in [6, 6.07) is 17.0. The van der Waals surface area contributed by atoms with E-state index in [1.807, 2.05) is 0 Å². The van der Waals surface area contributed by atoms with Gasteiger partial charge in [-0.25, -0.2) is 38.4 Å². The summed E-state index contributed by atoms with van der Waals surface area (Å²) in [7, 11) is 0. The molecule has 0 radical (unpaired) electrons. The molecule has 4 aromatic carbocycles. The second-order valence-electron chi connectivity index (χ2n) is 9.37. The lowest BCUT2D eigenvalue weighted by molar-refractivity contribution is 0.0620. The molecule has 0 aliphatic rings. The minimum absolute atomic E-state index is 0.192. The van der Waals surface area contributed by atoms with Crippen molar-refractivity contribution in [1.82, 2.24) is 0 Å². The molecule has 16 nitrogen and oxygen atoms in total. The topological polar surface area (TPSA) is 298 Å². The fourth-order valence-electron chi connectivity index (χ4n) is 4.71. The van der Waals surface area contributed by atoms with Crippen LogP contribution in [-0.4, -0.2) is 88.6 Å². The first-order valence-electron chi connectivity index (χ1n) is 12.9. The summed E-state index contributed by atoms with van der Waals surface area (Å²) >= 11 is 0. The molecule has 0 heterocycles. The minimum atomic E-state index is -1.84. The van der Waals surface area contributed by atoms with Gasteiger partial charge in [0, 0.05) is 0 Å². The molecule has 0 unspecified atom stereocenters. The van der Waals surface area contributed by atoms with Gasteiger partial charge < -0.3 is 40.9 Å². The molecule has 48 heavy (non-hydrogen) atoms. The average Bonchev–Trinajstić information content (AvgIpc) is 3.03. The molecule has 0 fully saturated rings. The summed E-state index contributed by atoms with van der Waals surface area (Å²) in [5.74, 6) is -14.1. The van der Waals surface area contributed by atoms with Gasteiger partial charge in [-0.05, 0) is 34.4 Å². The zero-order chi connectivity index (χ0) is 36.0. The Balaban J connectivity index is 0.000000260. The molecule has 8 N–H and O–H groups in total. The van der Waals surface area contributed by atoms with Crippen LogP contribution in [0.2, 0.25) is 0 Å². The van der Waals surface area contributed by atoms with Crippen LogP contribution in [0.25, 0.3) is 22.3 Å². The molecule has 0 atom stereocenters. The quantitative estimate of drug-likeness (QED) is 0.118. The van der Waals surface area contributed by atoms with Crippen LogP contribution < -0.4 is 0 Å². The van der Waals surface area contributed by atoms with Crippen LogP contribution in [0, 0.1) is 0 Å². The fraction of sp³-hybridized carbons (Fsp3) is 0. The van der Waals surface area contributed by atoms with Crippen LogP contribution in [0.5, 0.6) is 0 Å². The van der Waals surface area contributed by atoms with E-state index < -0.39 is 92.3 Å². The zero-order valence-corrected chi connectivity index (χ0v) is 23.8. The first kappa shape index (κ1) is 35.1. The van der Waals surface area contributed by atoms with E-state index in [-0.39, 0.29) is 22.3 Å². The van der Waals surface area contributed by atoms with Crippen molar-refractivity contribution in [3.8, 4) is 22.3 Å². The number of carboxylic acids is 8. The van der Waals surface area contributed by atoms with Crippen LogP contribution in [0.1, 0.15) is 82.9 Å². The van der Waals surface area contributed by atoms with Crippen LogP contribution in [0.3, 0.4) is 0 Å². The van der Waals surface area contributed by atoms with Gasteiger partial charge >= 0.3 is 47.8 Å². The highest BCUT2D eigenvalue weighted by Gasteiger charge is 2.34. The normalized spacial score (nSPS) is 10.2. The maximum Gasteiger partial charge on any atom is 0.337 e. The highest BCUT2D eigenvalue weighted by molar-refractivity contribution is 6.18. The molecule has 0 bridgehead atoms. The second kappa shape index (κ2) is 14.2. The number of carboxylic acid groups (broad SMARTS) is 8. The summed E-state index contributed by atoms with van der Waals surface area (Å²) < 4.78 is 0. The molecule has 0 spiro atoms. The Kier molecular flexibility index (Phi) is 10.4. The van der Waals surface area contributed by atoms with E-state index >= 15 is 0 Å². The Labute approximate surface area is 266 Å². The van der Waals surface area contributed by atoms with Crippen molar-refractivity contribution >= 4 is 47.8 Å². The van der Waals surface area contributed by atoms with Crippen LogP contribution in [0.15, 0.2) is 72.8 Å². The van der Waals surface area contributed by atoms with Gasteiger partial charge in [0.15, 0.2) is 0 Å². The molecule has 4 aromatic rings. The standard InChI is InChI=1S/2C16H10O8/c2*17-13(18)9-6-8(7-4-2-1-3-5-7)10(14(19)20)12(16(23)24)11(9)15(21)22/h2*1-6H,(H,17,18)(H,19,20)(H,21,22)(H,23,24). The van der Waals surface area contributed by atoms with Crippen LogP contribution >= 0.6 is 0 Å². The van der Waals surface area contributed by atoms with Crippen molar-refractivity contribution < 1.29 is 79.2 Å². The Hall–Kier alpha value is -7.36. The van der Waals surface area contributed by atoms with Gasteiger partial charge in [-0.2, -0.15) is 0 Å². The molecule has 0 aliphatic carbocycles.